The molecule has 3 N–H and O–H groups in total. The van der Waals surface area contributed by atoms with Gasteiger partial charge in [0.1, 0.15) is 0 Å². The van der Waals surface area contributed by atoms with E-state index in [9.17, 15) is 4.79 Å². The molecule has 1 atom stereocenters. The molecule has 2 aromatic rings. The maximum absolute atomic E-state index is 12.0. The molecule has 0 heterocycles. The predicted molar refractivity (Wildman–Crippen MR) is 85.3 cm³/mol. The maximum Gasteiger partial charge on any atom is 0.224 e. The number of nitrogens with one attached hydrogen (secondary N) is 1. The molecule has 0 saturated heterocycles. The number of nitrogen functional groups attached to an aromatic ring is 1. The minimum absolute atomic E-state index is 0.00208. The van der Waals surface area contributed by atoms with Crippen molar-refractivity contribution < 1.29 is 4.79 Å². The molecule has 104 valence electrons. The monoisotopic (exact) mass is 332 g/mol. The summed E-state index contributed by atoms with van der Waals surface area (Å²) in [6.45, 7) is 1.97. The predicted octanol–water partition coefficient (Wildman–Crippen LogP) is 3.45. The number of rotatable bonds is 4. The van der Waals surface area contributed by atoms with Gasteiger partial charge in [-0.2, -0.15) is 0 Å². The molecule has 1 unspecified atom stereocenters. The molecule has 0 bridgehead atoms. The second kappa shape index (κ2) is 6.57. The van der Waals surface area contributed by atoms with Crippen molar-refractivity contribution in [3.8, 4) is 0 Å². The van der Waals surface area contributed by atoms with Gasteiger partial charge in [-0.3, -0.25) is 4.79 Å². The van der Waals surface area contributed by atoms with E-state index in [-0.39, 0.29) is 11.9 Å². The molecule has 1 amide bonds. The van der Waals surface area contributed by atoms with Gasteiger partial charge in [0.15, 0.2) is 0 Å². The highest BCUT2D eigenvalue weighted by atomic mass is 79.9. The van der Waals surface area contributed by atoms with E-state index in [2.05, 4.69) is 21.2 Å². The molecule has 3 nitrogen and oxygen atoms in total. The average Bonchev–Trinajstić information content (AvgIpc) is 2.41. The van der Waals surface area contributed by atoms with E-state index in [0.29, 0.717) is 12.1 Å². The van der Waals surface area contributed by atoms with Crippen LogP contribution in [0.3, 0.4) is 0 Å². The fraction of sp³-hybridized carbons (Fsp3) is 0.188. The van der Waals surface area contributed by atoms with Gasteiger partial charge in [-0.25, -0.2) is 0 Å². The summed E-state index contributed by atoms with van der Waals surface area (Å²) in [5.74, 6) is 0.00208. The number of carbonyl (C=O) groups excluding carboxylic acids is 1. The van der Waals surface area contributed by atoms with Gasteiger partial charge >= 0.3 is 0 Å². The number of nitrogens with two attached hydrogens (primary N) is 1. The molecule has 0 aliphatic heterocycles. The van der Waals surface area contributed by atoms with Crippen LogP contribution < -0.4 is 11.1 Å². The maximum atomic E-state index is 12.0. The highest BCUT2D eigenvalue weighted by Gasteiger charge is 2.10. The van der Waals surface area contributed by atoms with Gasteiger partial charge in [-0.1, -0.05) is 40.2 Å². The summed E-state index contributed by atoms with van der Waals surface area (Å²) < 4.78 is 1.01. The van der Waals surface area contributed by atoms with Gasteiger partial charge < -0.3 is 11.1 Å². The van der Waals surface area contributed by atoms with E-state index in [1.807, 2.05) is 43.3 Å². The normalized spacial score (nSPS) is 11.9. The number of hydrogen-bond acceptors (Lipinski definition) is 2. The van der Waals surface area contributed by atoms with Gasteiger partial charge in [0, 0.05) is 10.2 Å². The zero-order valence-corrected chi connectivity index (χ0v) is 12.9. The van der Waals surface area contributed by atoms with E-state index in [4.69, 9.17) is 5.73 Å². The first-order valence-electron chi connectivity index (χ1n) is 6.44. The molecular formula is C16H17BrN2O. The SMILES string of the molecule is CC(NC(=O)Cc1ccc(N)cc1)c1cccc(Br)c1. The molecule has 0 aromatic heterocycles. The summed E-state index contributed by atoms with van der Waals surface area (Å²) in [6.07, 6.45) is 0.360. The van der Waals surface area contributed by atoms with Crippen molar-refractivity contribution in [2.75, 3.05) is 5.73 Å². The van der Waals surface area contributed by atoms with Crippen LogP contribution in [0.1, 0.15) is 24.1 Å². The molecule has 0 saturated carbocycles. The van der Waals surface area contributed by atoms with Crippen molar-refractivity contribution in [1.29, 1.82) is 0 Å². The van der Waals surface area contributed by atoms with Crippen LogP contribution in [0.15, 0.2) is 53.0 Å². The summed E-state index contributed by atoms with van der Waals surface area (Å²) in [7, 11) is 0. The smallest absolute Gasteiger partial charge is 0.224 e. The Balaban J connectivity index is 1.95. The fourth-order valence-corrected chi connectivity index (χ4v) is 2.39. The van der Waals surface area contributed by atoms with Crippen molar-refractivity contribution >= 4 is 27.5 Å². The van der Waals surface area contributed by atoms with Crippen molar-refractivity contribution in [3.63, 3.8) is 0 Å². The standard InChI is InChI=1S/C16H17BrN2O/c1-11(13-3-2-4-14(17)10-13)19-16(20)9-12-5-7-15(18)8-6-12/h2-8,10-11H,9,18H2,1H3,(H,19,20). The average molecular weight is 333 g/mol. The molecule has 0 radical (unpaired) electrons. The summed E-state index contributed by atoms with van der Waals surface area (Å²) in [4.78, 5) is 12.0. The summed E-state index contributed by atoms with van der Waals surface area (Å²) in [5, 5.41) is 3.00. The number of anilines is 1. The lowest BCUT2D eigenvalue weighted by Crippen LogP contribution is -2.28. The second-order valence-electron chi connectivity index (χ2n) is 4.76. The Hall–Kier alpha value is -1.81. The van der Waals surface area contributed by atoms with Gasteiger partial charge in [0.2, 0.25) is 5.91 Å². The van der Waals surface area contributed by atoms with Gasteiger partial charge in [0.05, 0.1) is 12.5 Å². The molecule has 20 heavy (non-hydrogen) atoms. The number of hydrogen-bond donors (Lipinski definition) is 2. The number of amides is 1. The van der Waals surface area contributed by atoms with Crippen LogP contribution in [0.5, 0.6) is 0 Å². The Labute approximate surface area is 127 Å². The third-order valence-electron chi connectivity index (χ3n) is 3.07. The molecule has 0 spiro atoms. The first-order valence-corrected chi connectivity index (χ1v) is 7.23. The second-order valence-corrected chi connectivity index (χ2v) is 5.68. The van der Waals surface area contributed by atoms with E-state index in [1.165, 1.54) is 0 Å². The van der Waals surface area contributed by atoms with Crippen LogP contribution in [0, 0.1) is 0 Å². The Bertz CT molecular complexity index is 596. The summed E-state index contributed by atoms with van der Waals surface area (Å²) in [5.41, 5.74) is 8.36. The molecule has 2 rings (SSSR count). The van der Waals surface area contributed by atoms with Crippen LogP contribution >= 0.6 is 15.9 Å². The molecule has 0 aliphatic rings. The van der Waals surface area contributed by atoms with Crippen LogP contribution in [0.25, 0.3) is 0 Å². The largest absolute Gasteiger partial charge is 0.399 e. The van der Waals surface area contributed by atoms with Crippen molar-refractivity contribution in [2.24, 2.45) is 0 Å². The molecule has 2 aromatic carbocycles. The number of carbonyl (C=O) groups is 1. The third-order valence-corrected chi connectivity index (χ3v) is 3.56. The highest BCUT2D eigenvalue weighted by molar-refractivity contribution is 9.10. The van der Waals surface area contributed by atoms with Crippen LogP contribution in [0.2, 0.25) is 0 Å². The first kappa shape index (κ1) is 14.6. The summed E-state index contributed by atoms with van der Waals surface area (Å²) >= 11 is 3.43. The molecule has 0 aliphatic carbocycles. The first-order chi connectivity index (χ1) is 9.54. The Morgan fingerprint density at radius 2 is 1.95 bits per heavy atom. The number of halogens is 1. The van der Waals surface area contributed by atoms with Crippen LogP contribution in [0.4, 0.5) is 5.69 Å². The van der Waals surface area contributed by atoms with Gasteiger partial charge in [-0.15, -0.1) is 0 Å². The molecule has 4 heteroatoms. The molecular weight excluding hydrogens is 316 g/mol. The lowest BCUT2D eigenvalue weighted by Gasteiger charge is -2.14. The quantitative estimate of drug-likeness (QED) is 0.842. The topological polar surface area (TPSA) is 55.1 Å². The third kappa shape index (κ3) is 4.10. The summed E-state index contributed by atoms with van der Waals surface area (Å²) in [6, 6.07) is 15.3. The van der Waals surface area contributed by atoms with Crippen molar-refractivity contribution in [3.05, 3.63) is 64.1 Å². The van der Waals surface area contributed by atoms with Crippen LogP contribution in [-0.2, 0) is 11.2 Å². The van der Waals surface area contributed by atoms with E-state index < -0.39 is 0 Å². The molecule has 0 fully saturated rings. The van der Waals surface area contributed by atoms with E-state index in [0.717, 1.165) is 15.6 Å². The van der Waals surface area contributed by atoms with E-state index in [1.54, 1.807) is 12.1 Å². The zero-order chi connectivity index (χ0) is 14.5. The van der Waals surface area contributed by atoms with E-state index >= 15 is 0 Å². The Morgan fingerprint density at radius 1 is 1.25 bits per heavy atom. The van der Waals surface area contributed by atoms with Crippen molar-refractivity contribution in [1.82, 2.24) is 5.32 Å². The van der Waals surface area contributed by atoms with Gasteiger partial charge in [-0.05, 0) is 42.3 Å². The fourth-order valence-electron chi connectivity index (χ4n) is 1.97. The lowest BCUT2D eigenvalue weighted by atomic mass is 10.1. The minimum Gasteiger partial charge on any atom is -0.399 e. The van der Waals surface area contributed by atoms with Crippen LogP contribution in [-0.4, -0.2) is 5.91 Å². The lowest BCUT2D eigenvalue weighted by molar-refractivity contribution is -0.121. The Kier molecular flexibility index (Phi) is 4.79. The highest BCUT2D eigenvalue weighted by Crippen LogP contribution is 2.18. The minimum atomic E-state index is -0.0196. The number of benzene rings is 2. The van der Waals surface area contributed by atoms with Crippen molar-refractivity contribution in [2.45, 2.75) is 19.4 Å². The van der Waals surface area contributed by atoms with Gasteiger partial charge in [0.25, 0.3) is 0 Å². The zero-order valence-electron chi connectivity index (χ0n) is 11.3. The Morgan fingerprint density at radius 3 is 2.60 bits per heavy atom.